The third-order valence-electron chi connectivity index (χ3n) is 4.71. The van der Waals surface area contributed by atoms with Gasteiger partial charge >= 0.3 is 0 Å². The summed E-state index contributed by atoms with van der Waals surface area (Å²) in [7, 11) is 0. The molecule has 0 aliphatic carbocycles. The number of nitriles is 1. The molecule has 0 spiro atoms. The molecule has 4 aromatic rings. The zero-order chi connectivity index (χ0) is 22.7. The number of pyridine rings is 1. The second kappa shape index (κ2) is 9.00. The smallest absolute Gasteiger partial charge is 0.269 e. The van der Waals surface area contributed by atoms with E-state index in [0.717, 1.165) is 39.9 Å². The first-order valence-electron chi connectivity index (χ1n) is 9.41. The monoisotopic (exact) mass is 449 g/mol. The van der Waals surface area contributed by atoms with Gasteiger partial charge in [0.1, 0.15) is 23.5 Å². The number of benzene rings is 3. The van der Waals surface area contributed by atoms with Gasteiger partial charge in [0.15, 0.2) is 6.61 Å². The standard InChI is InChI=1S/C24H14ClF2N3O2/c25-20-11-18(27)5-7-22(20)30(21-6-4-17(26)10-16(21)12-28)24(31)14-32-23-3-1-2-15-13-29-9-8-19(15)23/h1-11,13H,14H2. The van der Waals surface area contributed by atoms with Crippen molar-refractivity contribution in [3.8, 4) is 11.8 Å². The van der Waals surface area contributed by atoms with E-state index >= 15 is 0 Å². The Kier molecular flexibility index (Phi) is 5.97. The number of hydrogen-bond acceptors (Lipinski definition) is 4. The fraction of sp³-hybridized carbons (Fsp3) is 0.0417. The molecule has 0 saturated heterocycles. The lowest BCUT2D eigenvalue weighted by atomic mass is 10.1. The van der Waals surface area contributed by atoms with Gasteiger partial charge in [-0.15, -0.1) is 0 Å². The average Bonchev–Trinajstić information content (AvgIpc) is 2.80. The van der Waals surface area contributed by atoms with Crippen LogP contribution in [0.1, 0.15) is 5.56 Å². The van der Waals surface area contributed by atoms with Gasteiger partial charge in [-0.3, -0.25) is 14.7 Å². The molecule has 0 fully saturated rings. The summed E-state index contributed by atoms with van der Waals surface area (Å²) in [6, 6.07) is 15.9. The van der Waals surface area contributed by atoms with Gasteiger partial charge in [0, 0.05) is 23.2 Å². The van der Waals surface area contributed by atoms with Crippen LogP contribution in [0.4, 0.5) is 20.2 Å². The summed E-state index contributed by atoms with van der Waals surface area (Å²) in [5, 5.41) is 11.0. The van der Waals surface area contributed by atoms with Crippen LogP contribution in [0, 0.1) is 23.0 Å². The first kappa shape index (κ1) is 21.2. The van der Waals surface area contributed by atoms with Gasteiger partial charge < -0.3 is 4.74 Å². The van der Waals surface area contributed by atoms with Crippen LogP contribution in [0.2, 0.25) is 5.02 Å². The number of hydrogen-bond donors (Lipinski definition) is 0. The summed E-state index contributed by atoms with van der Waals surface area (Å²) in [4.78, 5) is 18.5. The van der Waals surface area contributed by atoms with E-state index in [1.807, 2.05) is 12.1 Å². The molecule has 0 radical (unpaired) electrons. The highest BCUT2D eigenvalue weighted by atomic mass is 35.5. The van der Waals surface area contributed by atoms with Gasteiger partial charge in [-0.25, -0.2) is 8.78 Å². The van der Waals surface area contributed by atoms with Gasteiger partial charge in [0.05, 0.1) is 22.0 Å². The number of carbonyl (C=O) groups is 1. The topological polar surface area (TPSA) is 66.2 Å². The molecule has 0 bridgehead atoms. The minimum absolute atomic E-state index is 0.0530. The lowest BCUT2D eigenvalue weighted by molar-refractivity contribution is -0.119. The van der Waals surface area contributed by atoms with Crippen LogP contribution in [0.25, 0.3) is 10.8 Å². The van der Waals surface area contributed by atoms with E-state index in [0.29, 0.717) is 5.75 Å². The summed E-state index contributed by atoms with van der Waals surface area (Å²) in [6.45, 7) is -0.419. The normalized spacial score (nSPS) is 10.6. The number of carbonyl (C=O) groups excluding carboxylic acids is 1. The molecule has 0 saturated carbocycles. The number of rotatable bonds is 5. The number of aromatic nitrogens is 1. The molecule has 8 heteroatoms. The molecule has 3 aromatic carbocycles. The minimum atomic E-state index is -0.636. The number of nitrogens with zero attached hydrogens (tertiary/aromatic N) is 3. The SMILES string of the molecule is N#Cc1cc(F)ccc1N(C(=O)COc1cccc2cnccc12)c1ccc(F)cc1Cl. The Bertz CT molecular complexity index is 1370. The van der Waals surface area contributed by atoms with Gasteiger partial charge in [-0.05, 0) is 48.5 Å². The van der Waals surface area contributed by atoms with Crippen molar-refractivity contribution in [2.45, 2.75) is 0 Å². The Labute approximate surface area is 187 Å². The van der Waals surface area contributed by atoms with Crippen molar-refractivity contribution in [1.29, 1.82) is 5.26 Å². The van der Waals surface area contributed by atoms with Crippen molar-refractivity contribution in [1.82, 2.24) is 4.98 Å². The van der Waals surface area contributed by atoms with Crippen molar-refractivity contribution in [3.05, 3.63) is 95.3 Å². The molecular formula is C24H14ClF2N3O2. The summed E-state index contributed by atoms with van der Waals surface area (Å²) in [6.07, 6.45) is 3.28. The molecule has 1 heterocycles. The molecule has 32 heavy (non-hydrogen) atoms. The Balaban J connectivity index is 1.73. The largest absolute Gasteiger partial charge is 0.483 e. The van der Waals surface area contributed by atoms with Crippen molar-refractivity contribution in [3.63, 3.8) is 0 Å². The maximum atomic E-state index is 13.7. The van der Waals surface area contributed by atoms with Crippen molar-refractivity contribution in [2.75, 3.05) is 11.5 Å². The van der Waals surface area contributed by atoms with E-state index in [-0.39, 0.29) is 22.0 Å². The molecule has 5 nitrogen and oxygen atoms in total. The van der Waals surface area contributed by atoms with Gasteiger partial charge in [0.2, 0.25) is 0 Å². The van der Waals surface area contributed by atoms with Gasteiger partial charge in [-0.2, -0.15) is 5.26 Å². The van der Waals surface area contributed by atoms with Crippen LogP contribution in [0.5, 0.6) is 5.75 Å². The van der Waals surface area contributed by atoms with E-state index in [1.165, 1.54) is 12.1 Å². The fourth-order valence-corrected chi connectivity index (χ4v) is 3.53. The summed E-state index contributed by atoms with van der Waals surface area (Å²) >= 11 is 6.20. The highest BCUT2D eigenvalue weighted by Gasteiger charge is 2.24. The Morgan fingerprint density at radius 2 is 1.81 bits per heavy atom. The highest BCUT2D eigenvalue weighted by molar-refractivity contribution is 6.34. The molecule has 158 valence electrons. The molecule has 0 N–H and O–H groups in total. The number of ether oxygens (including phenoxy) is 1. The van der Waals surface area contributed by atoms with E-state index in [9.17, 15) is 18.8 Å². The Morgan fingerprint density at radius 3 is 2.56 bits per heavy atom. The maximum absolute atomic E-state index is 13.7. The Hall–Kier alpha value is -4.02. The molecule has 4 rings (SSSR count). The van der Waals surface area contributed by atoms with Crippen LogP contribution < -0.4 is 9.64 Å². The predicted octanol–water partition coefficient (Wildman–Crippen LogP) is 5.78. The van der Waals surface area contributed by atoms with Crippen molar-refractivity contribution >= 4 is 39.7 Å². The molecule has 0 atom stereocenters. The lowest BCUT2D eigenvalue weighted by Gasteiger charge is -2.25. The van der Waals surface area contributed by atoms with E-state index < -0.39 is 24.1 Å². The zero-order valence-corrected chi connectivity index (χ0v) is 17.2. The van der Waals surface area contributed by atoms with E-state index in [1.54, 1.807) is 30.6 Å². The second-order valence-electron chi connectivity index (χ2n) is 6.74. The summed E-state index contributed by atoms with van der Waals surface area (Å²) < 4.78 is 33.1. The molecule has 0 unspecified atom stereocenters. The zero-order valence-electron chi connectivity index (χ0n) is 16.4. The fourth-order valence-electron chi connectivity index (χ4n) is 3.28. The molecule has 1 amide bonds. The van der Waals surface area contributed by atoms with Crippen molar-refractivity contribution < 1.29 is 18.3 Å². The first-order chi connectivity index (χ1) is 15.5. The number of amides is 1. The van der Waals surface area contributed by atoms with Crippen LogP contribution >= 0.6 is 11.6 Å². The molecule has 0 aliphatic heterocycles. The van der Waals surface area contributed by atoms with Crippen LogP contribution in [0.3, 0.4) is 0 Å². The van der Waals surface area contributed by atoms with Gasteiger partial charge in [-0.1, -0.05) is 23.7 Å². The van der Waals surface area contributed by atoms with Gasteiger partial charge in [0.25, 0.3) is 5.91 Å². The highest BCUT2D eigenvalue weighted by Crippen LogP contribution is 2.35. The third kappa shape index (κ3) is 4.22. The van der Waals surface area contributed by atoms with Crippen LogP contribution in [0.15, 0.2) is 73.1 Å². The van der Waals surface area contributed by atoms with Crippen molar-refractivity contribution in [2.24, 2.45) is 0 Å². The van der Waals surface area contributed by atoms with E-state index in [4.69, 9.17) is 16.3 Å². The number of halogens is 3. The summed E-state index contributed by atoms with van der Waals surface area (Å²) in [5.74, 6) is -1.36. The molecule has 1 aromatic heterocycles. The quantitative estimate of drug-likeness (QED) is 0.387. The molecular weight excluding hydrogens is 436 g/mol. The van der Waals surface area contributed by atoms with E-state index in [2.05, 4.69) is 4.98 Å². The maximum Gasteiger partial charge on any atom is 0.269 e. The second-order valence-corrected chi connectivity index (χ2v) is 7.15. The summed E-state index contributed by atoms with van der Waals surface area (Å²) in [5.41, 5.74) is 0.139. The van der Waals surface area contributed by atoms with Crippen LogP contribution in [-0.2, 0) is 4.79 Å². The van der Waals surface area contributed by atoms with Crippen LogP contribution in [-0.4, -0.2) is 17.5 Å². The minimum Gasteiger partial charge on any atom is -0.483 e. The average molecular weight is 450 g/mol. The third-order valence-corrected chi connectivity index (χ3v) is 5.01. The number of anilines is 2. The first-order valence-corrected chi connectivity index (χ1v) is 9.79. The number of fused-ring (bicyclic) bond motifs is 1. The predicted molar refractivity (Wildman–Crippen MR) is 117 cm³/mol. The Morgan fingerprint density at radius 1 is 1.06 bits per heavy atom. The molecule has 0 aliphatic rings. The lowest BCUT2D eigenvalue weighted by Crippen LogP contribution is -2.32.